The van der Waals surface area contributed by atoms with Gasteiger partial charge in [0, 0.05) is 43.2 Å². The number of carbonyl (C=O) groups excluding carboxylic acids is 2. The van der Waals surface area contributed by atoms with Crippen LogP contribution in [0.4, 0.5) is 0 Å². The van der Waals surface area contributed by atoms with E-state index in [1.807, 2.05) is 37.3 Å². The van der Waals surface area contributed by atoms with E-state index in [-0.39, 0.29) is 35.1 Å². The molecule has 0 spiro atoms. The summed E-state index contributed by atoms with van der Waals surface area (Å²) in [5, 5.41) is 17.9. The van der Waals surface area contributed by atoms with E-state index in [4.69, 9.17) is 21.1 Å². The summed E-state index contributed by atoms with van der Waals surface area (Å²) in [6, 6.07) is 11.4. The molecule has 2 heterocycles. The zero-order valence-electron chi connectivity index (χ0n) is 23.4. The van der Waals surface area contributed by atoms with Gasteiger partial charge in [-0.15, -0.1) is 0 Å². The van der Waals surface area contributed by atoms with Crippen LogP contribution in [0.2, 0.25) is 5.02 Å². The van der Waals surface area contributed by atoms with Gasteiger partial charge >= 0.3 is 0 Å². The monoisotopic (exact) mass is 570 g/mol. The van der Waals surface area contributed by atoms with Gasteiger partial charge < -0.3 is 30.2 Å². The number of aromatic hydroxyl groups is 1. The molecule has 10 heteroatoms. The highest BCUT2D eigenvalue weighted by Gasteiger charge is 2.32. The molecule has 1 saturated heterocycles. The fourth-order valence-electron chi connectivity index (χ4n) is 5.28. The van der Waals surface area contributed by atoms with Crippen LogP contribution in [0, 0.1) is 0 Å². The molecule has 3 aromatic rings. The predicted molar refractivity (Wildman–Crippen MR) is 157 cm³/mol. The molecular formula is C30H39ClN4O5. The van der Waals surface area contributed by atoms with Crippen LogP contribution < -0.4 is 15.4 Å². The van der Waals surface area contributed by atoms with E-state index in [9.17, 15) is 14.7 Å². The van der Waals surface area contributed by atoms with Gasteiger partial charge in [-0.3, -0.25) is 14.5 Å². The molecule has 1 aromatic heterocycles. The van der Waals surface area contributed by atoms with Gasteiger partial charge in [0.2, 0.25) is 0 Å². The number of hydrogen-bond donors (Lipinski definition) is 4. The van der Waals surface area contributed by atoms with Gasteiger partial charge in [0.25, 0.3) is 11.8 Å². The van der Waals surface area contributed by atoms with Crippen molar-refractivity contribution in [1.82, 2.24) is 20.5 Å². The van der Waals surface area contributed by atoms with Crippen molar-refractivity contribution in [2.45, 2.75) is 51.7 Å². The van der Waals surface area contributed by atoms with Gasteiger partial charge in [-0.05, 0) is 56.0 Å². The lowest BCUT2D eigenvalue weighted by Gasteiger charge is -2.23. The molecule has 0 radical (unpaired) electrons. The summed E-state index contributed by atoms with van der Waals surface area (Å²) in [6.07, 6.45) is 3.07. The normalized spacial score (nSPS) is 17.3. The van der Waals surface area contributed by atoms with Crippen molar-refractivity contribution in [3.63, 3.8) is 0 Å². The van der Waals surface area contributed by atoms with E-state index in [1.165, 1.54) is 7.11 Å². The second kappa shape index (κ2) is 13.9. The van der Waals surface area contributed by atoms with Gasteiger partial charge in [0.05, 0.1) is 18.2 Å². The number of fused-ring (bicyclic) bond motifs is 1. The number of phenolic OH excluding ortho intramolecular Hbond substituents is 1. The third kappa shape index (κ3) is 6.89. The van der Waals surface area contributed by atoms with Crippen LogP contribution in [0.25, 0.3) is 10.9 Å². The number of ether oxygens (including phenoxy) is 2. The van der Waals surface area contributed by atoms with E-state index in [2.05, 4.69) is 27.4 Å². The van der Waals surface area contributed by atoms with Gasteiger partial charge in [-0.1, -0.05) is 43.6 Å². The number of unbranched alkanes of at least 4 members (excludes halogenated alkanes) is 1. The van der Waals surface area contributed by atoms with Crippen molar-refractivity contribution >= 4 is 34.3 Å². The SMILES string of the molecule is CCc1cc(Cl)c(OC)c(C(=O)NC[C@@H]2C[C@@H](OCCCCNC(=O)c3cc4ccccc4[nH]3)CN2CC)c1O. The highest BCUT2D eigenvalue weighted by molar-refractivity contribution is 6.33. The molecule has 4 rings (SSSR count). The summed E-state index contributed by atoms with van der Waals surface area (Å²) in [7, 11) is 1.43. The fraction of sp³-hybridized carbons (Fsp3) is 0.467. The maximum Gasteiger partial charge on any atom is 0.267 e. The van der Waals surface area contributed by atoms with Gasteiger partial charge in [0.1, 0.15) is 17.0 Å². The minimum absolute atomic E-state index is 0.0670. The molecule has 0 saturated carbocycles. The molecule has 0 unspecified atom stereocenters. The molecule has 216 valence electrons. The highest BCUT2D eigenvalue weighted by atomic mass is 35.5. The Morgan fingerprint density at radius 3 is 2.67 bits per heavy atom. The summed E-state index contributed by atoms with van der Waals surface area (Å²) in [6.45, 7) is 7.22. The maximum atomic E-state index is 13.1. The number of methoxy groups -OCH3 is 1. The first-order chi connectivity index (χ1) is 19.4. The van der Waals surface area contributed by atoms with Crippen LogP contribution in [0.15, 0.2) is 36.4 Å². The molecule has 1 fully saturated rings. The van der Waals surface area contributed by atoms with E-state index >= 15 is 0 Å². The first-order valence-corrected chi connectivity index (χ1v) is 14.3. The minimum Gasteiger partial charge on any atom is -0.507 e. The number of aryl methyl sites for hydroxylation is 1. The average molecular weight is 571 g/mol. The van der Waals surface area contributed by atoms with Crippen molar-refractivity contribution in [2.75, 3.05) is 39.9 Å². The minimum atomic E-state index is -0.415. The van der Waals surface area contributed by atoms with Crippen molar-refractivity contribution < 1.29 is 24.2 Å². The Kier molecular flexibility index (Phi) is 10.3. The Morgan fingerprint density at radius 1 is 1.15 bits per heavy atom. The van der Waals surface area contributed by atoms with E-state index in [1.54, 1.807) is 6.07 Å². The topological polar surface area (TPSA) is 116 Å². The van der Waals surface area contributed by atoms with E-state index in [0.29, 0.717) is 42.4 Å². The molecule has 1 aliphatic heterocycles. The zero-order chi connectivity index (χ0) is 28.6. The van der Waals surface area contributed by atoms with Crippen LogP contribution in [-0.2, 0) is 11.2 Å². The first kappa shape index (κ1) is 29.7. The quantitative estimate of drug-likeness (QED) is 0.225. The molecule has 2 aromatic carbocycles. The Balaban J connectivity index is 1.19. The number of rotatable bonds is 13. The number of H-pyrrole nitrogens is 1. The van der Waals surface area contributed by atoms with E-state index in [0.717, 1.165) is 43.3 Å². The van der Waals surface area contributed by atoms with E-state index < -0.39 is 5.91 Å². The van der Waals surface area contributed by atoms with Crippen molar-refractivity contribution in [3.8, 4) is 11.5 Å². The number of nitrogens with one attached hydrogen (secondary N) is 3. The summed E-state index contributed by atoms with van der Waals surface area (Å²) in [5.41, 5.74) is 2.18. The summed E-state index contributed by atoms with van der Waals surface area (Å²) in [5.74, 6) is -0.447. The Hall–Kier alpha value is -3.27. The zero-order valence-corrected chi connectivity index (χ0v) is 24.1. The lowest BCUT2D eigenvalue weighted by atomic mass is 10.0. The smallest absolute Gasteiger partial charge is 0.267 e. The molecule has 0 aliphatic carbocycles. The number of phenols is 1. The fourth-order valence-corrected chi connectivity index (χ4v) is 5.58. The third-order valence-electron chi connectivity index (χ3n) is 7.48. The number of aromatic nitrogens is 1. The van der Waals surface area contributed by atoms with Crippen molar-refractivity contribution in [2.24, 2.45) is 0 Å². The highest BCUT2D eigenvalue weighted by Crippen LogP contribution is 2.38. The standard InChI is InChI=1S/C30H39ClN4O5/c1-4-19-14-23(31)28(39-3)26(27(19)36)30(38)33-17-21-16-22(18-35(21)5-2)40-13-9-8-12-32-29(37)25-15-20-10-6-7-11-24(20)34-25/h6-7,10-11,14-15,21-22,34,36H,4-5,8-9,12-13,16-18H2,1-3H3,(H,32,37)(H,33,38)/t21-,22+/m0/s1. The van der Waals surface area contributed by atoms with Gasteiger partial charge in [-0.25, -0.2) is 0 Å². The number of para-hydroxylation sites is 1. The molecular weight excluding hydrogens is 532 g/mol. The van der Waals surface area contributed by atoms with Gasteiger partial charge in [0.15, 0.2) is 5.75 Å². The van der Waals surface area contributed by atoms with Crippen LogP contribution in [-0.4, -0.2) is 78.8 Å². The lowest BCUT2D eigenvalue weighted by Crippen LogP contribution is -2.40. The van der Waals surface area contributed by atoms with Gasteiger partial charge in [-0.2, -0.15) is 0 Å². The third-order valence-corrected chi connectivity index (χ3v) is 7.76. The Bertz CT molecular complexity index is 1290. The number of nitrogens with zero attached hydrogens (tertiary/aromatic N) is 1. The lowest BCUT2D eigenvalue weighted by molar-refractivity contribution is 0.0568. The van der Waals surface area contributed by atoms with Crippen LogP contribution in [0.1, 0.15) is 59.5 Å². The second-order valence-corrected chi connectivity index (χ2v) is 10.4. The molecule has 2 amide bonds. The number of halogens is 1. The number of hydrogen-bond acceptors (Lipinski definition) is 6. The molecule has 4 N–H and O–H groups in total. The second-order valence-electron chi connectivity index (χ2n) is 10.0. The van der Waals surface area contributed by atoms with Crippen molar-refractivity contribution in [1.29, 1.82) is 0 Å². The number of benzene rings is 2. The maximum absolute atomic E-state index is 13.1. The number of likely N-dealkylation sites (tertiary alicyclic amines) is 1. The molecule has 2 atom stereocenters. The Labute approximate surface area is 240 Å². The largest absolute Gasteiger partial charge is 0.507 e. The number of carbonyl (C=O) groups is 2. The summed E-state index contributed by atoms with van der Waals surface area (Å²) >= 11 is 6.30. The average Bonchev–Trinajstić information content (AvgIpc) is 3.58. The van der Waals surface area contributed by atoms with Crippen LogP contribution in [0.3, 0.4) is 0 Å². The predicted octanol–water partition coefficient (Wildman–Crippen LogP) is 4.52. The summed E-state index contributed by atoms with van der Waals surface area (Å²) in [4.78, 5) is 30.9. The first-order valence-electron chi connectivity index (χ1n) is 13.9. The molecule has 40 heavy (non-hydrogen) atoms. The number of likely N-dealkylation sites (N-methyl/N-ethyl adjacent to an activating group) is 1. The Morgan fingerprint density at radius 2 is 1.95 bits per heavy atom. The summed E-state index contributed by atoms with van der Waals surface area (Å²) < 4.78 is 11.5. The molecule has 9 nitrogen and oxygen atoms in total. The van der Waals surface area contributed by atoms with Crippen LogP contribution in [0.5, 0.6) is 11.5 Å². The number of amides is 2. The van der Waals surface area contributed by atoms with Crippen LogP contribution >= 0.6 is 11.6 Å². The number of aromatic amines is 1. The molecule has 1 aliphatic rings. The molecule has 0 bridgehead atoms. The van der Waals surface area contributed by atoms with Crippen molar-refractivity contribution in [3.05, 3.63) is 58.2 Å².